The highest BCUT2D eigenvalue weighted by Crippen LogP contribution is 2.43. The maximum absolute atomic E-state index is 13.5. The molecule has 25 heteroatoms. The van der Waals surface area contributed by atoms with Gasteiger partial charge in [0.1, 0.15) is 29.0 Å². The van der Waals surface area contributed by atoms with Crippen molar-refractivity contribution in [1.29, 1.82) is 0 Å². The number of nitrogen functional groups attached to an aromatic ring is 3. The molecule has 0 aliphatic carbocycles. The van der Waals surface area contributed by atoms with Gasteiger partial charge in [0.05, 0.1) is 57.0 Å². The minimum Gasteiger partial charge on any atom is -0.457 e. The zero-order valence-corrected chi connectivity index (χ0v) is 49.9. The molecule has 438 valence electrons. The molecule has 3 fully saturated rings. The summed E-state index contributed by atoms with van der Waals surface area (Å²) in [6.45, 7) is 6.99. The van der Waals surface area contributed by atoms with Gasteiger partial charge >= 0.3 is 6.18 Å². The predicted molar refractivity (Wildman–Crippen MR) is 328 cm³/mol. The minimum absolute atomic E-state index is 0.0524. The van der Waals surface area contributed by atoms with Gasteiger partial charge in [-0.25, -0.2) is 46.7 Å². The van der Waals surface area contributed by atoms with E-state index in [4.69, 9.17) is 31.9 Å². The van der Waals surface area contributed by atoms with Crippen LogP contribution in [0.4, 0.5) is 46.0 Å². The van der Waals surface area contributed by atoms with Crippen LogP contribution in [0.5, 0.6) is 11.5 Å². The van der Waals surface area contributed by atoms with Crippen LogP contribution in [-0.2, 0) is 25.9 Å². The summed E-state index contributed by atoms with van der Waals surface area (Å²) in [5, 5.41) is 0.732. The third kappa shape index (κ3) is 14.3. The van der Waals surface area contributed by atoms with Crippen molar-refractivity contribution in [3.05, 3.63) is 145 Å². The largest absolute Gasteiger partial charge is 0.457 e. The summed E-state index contributed by atoms with van der Waals surface area (Å²) in [4.78, 5) is 34.2. The summed E-state index contributed by atoms with van der Waals surface area (Å²) in [5.41, 5.74) is 18.2. The lowest BCUT2D eigenvalue weighted by atomic mass is 10.1. The topological polar surface area (TPSA) is 243 Å². The fourth-order valence-corrected chi connectivity index (χ4v) is 14.8. The first-order valence-electron chi connectivity index (χ1n) is 27.3. The second kappa shape index (κ2) is 26.1. The molecule has 0 unspecified atom stereocenters. The number of nitrogens with zero attached hydrogens (tertiary/aromatic N) is 9. The first-order chi connectivity index (χ1) is 40.4. The first-order valence-corrected chi connectivity index (χ1v) is 32.7. The van der Waals surface area contributed by atoms with Crippen LogP contribution < -0.4 is 36.6 Å². The van der Waals surface area contributed by atoms with Gasteiger partial charge in [0, 0.05) is 57.6 Å². The molecular formula is C59H61F3N12O5S5. The Kier molecular flexibility index (Phi) is 18.4. The number of thiazole rings is 3. The predicted octanol–water partition coefficient (Wildman–Crippen LogP) is 13.1. The highest BCUT2D eigenvalue weighted by molar-refractivity contribution is 7.91. The van der Waals surface area contributed by atoms with E-state index in [1.807, 2.05) is 54.3 Å². The maximum Gasteiger partial charge on any atom is 0.434 e. The number of halogens is 3. The summed E-state index contributed by atoms with van der Waals surface area (Å²) < 4.78 is 99.7. The highest BCUT2D eigenvalue weighted by Gasteiger charge is 2.39. The van der Waals surface area contributed by atoms with E-state index in [9.17, 15) is 30.0 Å². The number of ether oxygens (including phenoxy) is 1. The number of hydrogen-bond donors (Lipinski definition) is 3. The number of nitrogens with two attached hydrogens (primary N) is 3. The number of hydrogen-bond acceptors (Lipinski definition) is 20. The highest BCUT2D eigenvalue weighted by atomic mass is 32.2. The molecule has 12 rings (SSSR count). The van der Waals surface area contributed by atoms with Crippen LogP contribution in [0.15, 0.2) is 153 Å². The molecule has 0 radical (unpaired) electrons. The molecule has 0 amide bonds. The Morgan fingerprint density at radius 2 is 0.893 bits per heavy atom. The van der Waals surface area contributed by atoms with E-state index in [0.717, 1.165) is 103 Å². The molecule has 0 atom stereocenters. The van der Waals surface area contributed by atoms with Gasteiger partial charge in [-0.15, -0.1) is 0 Å². The van der Waals surface area contributed by atoms with E-state index in [2.05, 4.69) is 29.7 Å². The average Bonchev–Trinajstić information content (AvgIpc) is 4.28. The molecule has 0 saturated carbocycles. The number of rotatable bonds is 12. The van der Waals surface area contributed by atoms with Crippen LogP contribution >= 0.6 is 34.0 Å². The van der Waals surface area contributed by atoms with Crippen LogP contribution in [0.3, 0.4) is 0 Å². The molecule has 3 saturated heterocycles. The molecule has 84 heavy (non-hydrogen) atoms. The fourth-order valence-electron chi connectivity index (χ4n) is 9.92. The maximum atomic E-state index is 13.5. The summed E-state index contributed by atoms with van der Waals surface area (Å²) in [6.07, 6.45) is 6.90. The lowest BCUT2D eigenvalue weighted by molar-refractivity contribution is -0.140. The molecule has 3 aromatic carbocycles. The van der Waals surface area contributed by atoms with Gasteiger partial charge in [0.25, 0.3) is 0 Å². The normalized spacial score (nSPS) is 14.9. The number of sulfone groups is 2. The van der Waals surface area contributed by atoms with Crippen molar-refractivity contribution in [3.63, 3.8) is 0 Å². The third-order valence-corrected chi connectivity index (χ3v) is 20.3. The average molecular weight is 1240 g/mol. The number of pyridine rings is 3. The number of aryl methyl sites for hydroxylation is 1. The summed E-state index contributed by atoms with van der Waals surface area (Å²) >= 11 is 3.41. The summed E-state index contributed by atoms with van der Waals surface area (Å²) in [6, 6.07) is 36.0. The van der Waals surface area contributed by atoms with Crippen molar-refractivity contribution >= 4 is 86.5 Å². The Bertz CT molecular complexity index is 3930. The smallest absolute Gasteiger partial charge is 0.434 e. The Labute approximate surface area is 497 Å². The van der Waals surface area contributed by atoms with Crippen molar-refractivity contribution in [2.45, 2.75) is 90.5 Å². The number of piperidine rings is 3. The van der Waals surface area contributed by atoms with Gasteiger partial charge in [0.2, 0.25) is 19.7 Å². The van der Waals surface area contributed by atoms with E-state index in [1.165, 1.54) is 66.6 Å². The SMILES string of the molecule is Cc1nc(N)sc1-c1cc(S(=O)(=O)c2ccccc2)cc(N2CCCCC2)n1.Nc1nc(C(F)(F)F)c(-c2cc(S(=O)(=O)c3ccccc3)cc(N3CCCCC3)n2)s1.Nc1ncc(-c2cc(Oc3ccccc3)cc(N3CCCCC3)n2)s1. The molecule has 9 aromatic rings. The van der Waals surface area contributed by atoms with E-state index >= 15 is 0 Å². The molecule has 3 aliphatic rings. The number of anilines is 6. The monoisotopic (exact) mass is 1230 g/mol. The van der Waals surface area contributed by atoms with Gasteiger partial charge in [-0.2, -0.15) is 13.2 Å². The Balaban J connectivity index is 0.000000141. The van der Waals surface area contributed by atoms with Crippen LogP contribution in [0.1, 0.15) is 69.2 Å². The van der Waals surface area contributed by atoms with Crippen molar-refractivity contribution in [2.75, 3.05) is 71.2 Å². The lowest BCUT2D eigenvalue weighted by Crippen LogP contribution is -2.30. The second-order valence-corrected chi connectivity index (χ2v) is 27.1. The zero-order chi connectivity index (χ0) is 59.0. The Morgan fingerprint density at radius 3 is 1.33 bits per heavy atom. The summed E-state index contributed by atoms with van der Waals surface area (Å²) in [7, 11) is -7.62. The van der Waals surface area contributed by atoms with Crippen LogP contribution in [0.25, 0.3) is 31.7 Å². The van der Waals surface area contributed by atoms with E-state index in [-0.39, 0.29) is 35.3 Å². The zero-order valence-electron chi connectivity index (χ0n) is 45.8. The van der Waals surface area contributed by atoms with Crippen molar-refractivity contribution < 1.29 is 34.7 Å². The van der Waals surface area contributed by atoms with Gasteiger partial charge < -0.3 is 36.6 Å². The number of alkyl halides is 3. The fraction of sp³-hybridized carbons (Fsp3) is 0.288. The molecule has 9 heterocycles. The first kappa shape index (κ1) is 59.4. The van der Waals surface area contributed by atoms with E-state index < -0.39 is 31.5 Å². The second-order valence-electron chi connectivity index (χ2n) is 20.1. The quantitative estimate of drug-likeness (QED) is 0.103. The molecule has 3 aliphatic heterocycles. The van der Waals surface area contributed by atoms with Crippen molar-refractivity contribution in [3.8, 4) is 43.2 Å². The Morgan fingerprint density at radius 1 is 0.464 bits per heavy atom. The van der Waals surface area contributed by atoms with Crippen LogP contribution in [0.2, 0.25) is 0 Å². The van der Waals surface area contributed by atoms with Gasteiger partial charge in [-0.1, -0.05) is 88.6 Å². The molecular weight excluding hydrogens is 1170 g/mol. The molecule has 0 spiro atoms. The van der Waals surface area contributed by atoms with Gasteiger partial charge in [-0.05, 0) is 125 Å². The molecule has 6 aromatic heterocycles. The molecule has 17 nitrogen and oxygen atoms in total. The molecule has 0 bridgehead atoms. The van der Waals surface area contributed by atoms with Crippen LogP contribution in [-0.4, -0.2) is 86.0 Å². The number of aromatic nitrogens is 6. The van der Waals surface area contributed by atoms with Crippen molar-refractivity contribution in [2.24, 2.45) is 0 Å². The standard InChI is InChI=1S/C20H19F3N4O2S2.C20H22N4O2S2.C19H20N4OS/c21-20(22,23)18-17(30-19(24)26-18)15-11-14(31(28,29)13-7-3-1-4-8-13)12-16(25-15)27-9-5-2-6-10-27;1-14-19(27-20(21)22-14)17-12-16(28(25,26)15-8-4-2-5-9-15)13-18(23-17)24-10-6-3-7-11-24;20-19-21-13-17(25-19)16-11-15(24-14-7-3-1-4-8-14)12-18(22-16)23-9-5-2-6-10-23/h1,3-4,7-8,11-12H,2,5-6,9-10H2,(H2,24,26);2,4-5,8-9,12-13H,3,6-7,10-11H2,1H3,(H2,21,22);1,3-4,7-8,11-13H,2,5-6,9-10H2,(H2,20,21). The lowest BCUT2D eigenvalue weighted by Gasteiger charge is -2.28. The Hall–Kier alpha value is -7.71. The third-order valence-electron chi connectivity index (χ3n) is 14.1. The van der Waals surface area contributed by atoms with E-state index in [1.54, 1.807) is 66.9 Å². The van der Waals surface area contributed by atoms with Gasteiger partial charge in [0.15, 0.2) is 21.1 Å². The van der Waals surface area contributed by atoms with Gasteiger partial charge in [-0.3, -0.25) is 0 Å². The number of para-hydroxylation sites is 1. The van der Waals surface area contributed by atoms with Crippen LogP contribution in [0, 0.1) is 6.92 Å². The van der Waals surface area contributed by atoms with E-state index in [0.29, 0.717) is 52.0 Å². The number of benzene rings is 3. The van der Waals surface area contributed by atoms with Crippen molar-refractivity contribution in [1.82, 2.24) is 29.9 Å². The molecule has 6 N–H and O–H groups in total. The minimum atomic E-state index is -4.75. The summed E-state index contributed by atoms with van der Waals surface area (Å²) in [5.74, 6) is 3.57.